The minimum absolute atomic E-state index is 0.111. The van der Waals surface area contributed by atoms with Gasteiger partial charge in [-0.2, -0.15) is 0 Å². The smallest absolute Gasteiger partial charge is 0.375 e. The number of hydrogen-bond acceptors (Lipinski definition) is 10. The Kier molecular flexibility index (Phi) is 5.86. The Morgan fingerprint density at radius 2 is 1.47 bits per heavy atom. The van der Waals surface area contributed by atoms with E-state index in [2.05, 4.69) is 5.16 Å². The van der Waals surface area contributed by atoms with Crippen molar-refractivity contribution in [3.8, 4) is 11.7 Å². The summed E-state index contributed by atoms with van der Waals surface area (Å²) in [7, 11) is 3.26. The van der Waals surface area contributed by atoms with Crippen LogP contribution in [0.2, 0.25) is 0 Å². The van der Waals surface area contributed by atoms with Gasteiger partial charge in [0, 0.05) is 0 Å². The molecular formula is C20H17NO9. The number of aromatic nitrogens is 1. The van der Waals surface area contributed by atoms with Crippen LogP contribution >= 0.6 is 0 Å². The van der Waals surface area contributed by atoms with E-state index in [1.807, 2.05) is 0 Å². The second-order valence-corrected chi connectivity index (χ2v) is 5.83. The molecule has 156 valence electrons. The van der Waals surface area contributed by atoms with Gasteiger partial charge in [-0.25, -0.2) is 14.4 Å². The van der Waals surface area contributed by atoms with Crippen molar-refractivity contribution in [2.75, 3.05) is 21.3 Å². The molecule has 3 rings (SSSR count). The van der Waals surface area contributed by atoms with E-state index in [4.69, 9.17) is 28.2 Å². The van der Waals surface area contributed by atoms with Crippen LogP contribution in [-0.2, 0) is 28.6 Å². The molecule has 0 amide bonds. The predicted octanol–water partition coefficient (Wildman–Crippen LogP) is 1.94. The predicted molar refractivity (Wildman–Crippen MR) is 98.9 cm³/mol. The lowest BCUT2D eigenvalue weighted by molar-refractivity contribution is -0.142. The lowest BCUT2D eigenvalue weighted by Gasteiger charge is -2.14. The molecule has 10 heteroatoms. The van der Waals surface area contributed by atoms with Crippen LogP contribution in [0.3, 0.4) is 0 Å². The average molecular weight is 415 g/mol. The van der Waals surface area contributed by atoms with Gasteiger partial charge in [0.2, 0.25) is 5.76 Å². The Balaban J connectivity index is 2.42. The van der Waals surface area contributed by atoms with Gasteiger partial charge in [-0.1, -0.05) is 23.4 Å². The number of nitrogens with zero attached hydrogens (tertiary/aromatic N) is 1. The molecule has 10 nitrogen and oxygen atoms in total. The molecular weight excluding hydrogens is 398 g/mol. The molecule has 2 heterocycles. The van der Waals surface area contributed by atoms with Crippen molar-refractivity contribution in [1.29, 1.82) is 0 Å². The summed E-state index contributed by atoms with van der Waals surface area (Å²) in [5.74, 6) is -3.86. The Bertz CT molecular complexity index is 1060. The second kappa shape index (κ2) is 8.52. The Hall–Kier alpha value is -4.08. The standard InChI is InChI=1S/C20H17NO9/c1-10-12-15(28-11-8-6-5-7-9-11)13(17(22)25-2)14(18(23)26-3)16(19(24)27-4)29-20(12)30-21-10/h5-9H,1-4H3. The maximum atomic E-state index is 12.8. The lowest BCUT2D eigenvalue weighted by atomic mass is 10.00. The van der Waals surface area contributed by atoms with E-state index in [-0.39, 0.29) is 23.0 Å². The van der Waals surface area contributed by atoms with E-state index in [1.165, 1.54) is 0 Å². The van der Waals surface area contributed by atoms with Crippen molar-refractivity contribution in [2.24, 2.45) is 0 Å². The fourth-order valence-electron chi connectivity index (χ4n) is 2.71. The highest BCUT2D eigenvalue weighted by Crippen LogP contribution is 2.40. The van der Waals surface area contributed by atoms with Gasteiger partial charge in [0.05, 0.1) is 27.0 Å². The third-order valence-electron chi connectivity index (χ3n) is 4.07. The first-order valence-electron chi connectivity index (χ1n) is 8.54. The van der Waals surface area contributed by atoms with E-state index in [9.17, 15) is 14.4 Å². The van der Waals surface area contributed by atoms with Crippen LogP contribution in [0.4, 0.5) is 0 Å². The molecule has 30 heavy (non-hydrogen) atoms. The van der Waals surface area contributed by atoms with Gasteiger partial charge in [0.15, 0.2) is 5.76 Å². The Morgan fingerprint density at radius 1 is 0.867 bits per heavy atom. The lowest BCUT2D eigenvalue weighted by Crippen LogP contribution is -2.23. The highest BCUT2D eigenvalue weighted by Gasteiger charge is 2.41. The molecule has 1 aromatic heterocycles. The van der Waals surface area contributed by atoms with Crippen LogP contribution in [0.5, 0.6) is 11.7 Å². The number of hydrogen-bond donors (Lipinski definition) is 0. The molecule has 0 atom stereocenters. The normalized spacial score (nSPS) is 13.1. The molecule has 0 radical (unpaired) electrons. The largest absolute Gasteiger partial charge is 0.465 e. The number of rotatable bonds is 5. The van der Waals surface area contributed by atoms with E-state index in [1.54, 1.807) is 37.3 Å². The van der Waals surface area contributed by atoms with Gasteiger partial charge in [-0.3, -0.25) is 0 Å². The molecule has 2 aromatic rings. The minimum atomic E-state index is -1.06. The van der Waals surface area contributed by atoms with Crippen molar-refractivity contribution in [1.82, 2.24) is 5.16 Å². The molecule has 1 aromatic carbocycles. The highest BCUT2D eigenvalue weighted by molar-refractivity contribution is 6.15. The molecule has 0 spiro atoms. The minimum Gasteiger partial charge on any atom is -0.465 e. The monoisotopic (exact) mass is 415 g/mol. The third-order valence-corrected chi connectivity index (χ3v) is 4.07. The Labute approximate surface area is 170 Å². The number of para-hydroxylation sites is 1. The fraction of sp³-hybridized carbons (Fsp3) is 0.200. The average Bonchev–Trinajstić information content (AvgIpc) is 3.06. The van der Waals surface area contributed by atoms with E-state index < -0.39 is 34.8 Å². The summed E-state index contributed by atoms with van der Waals surface area (Å²) in [6, 6.07) is 8.43. The fourth-order valence-corrected chi connectivity index (χ4v) is 2.71. The SMILES string of the molecule is COC(=O)C1=C(C(=O)OC)C(C(=O)OC)=C(Oc2ccccc2)c2c(C)noc2O1. The summed E-state index contributed by atoms with van der Waals surface area (Å²) < 4.78 is 30.9. The van der Waals surface area contributed by atoms with Crippen LogP contribution in [0.25, 0.3) is 5.76 Å². The highest BCUT2D eigenvalue weighted by atomic mass is 16.6. The summed E-state index contributed by atoms with van der Waals surface area (Å²) in [4.78, 5) is 37.8. The number of carbonyl (C=O) groups excluding carboxylic acids is 3. The maximum Gasteiger partial charge on any atom is 0.375 e. The first-order chi connectivity index (χ1) is 14.4. The van der Waals surface area contributed by atoms with Crippen molar-refractivity contribution in [3.05, 3.63) is 58.5 Å². The summed E-state index contributed by atoms with van der Waals surface area (Å²) >= 11 is 0. The van der Waals surface area contributed by atoms with Gasteiger partial charge in [-0.05, 0) is 19.1 Å². The maximum absolute atomic E-state index is 12.8. The van der Waals surface area contributed by atoms with Gasteiger partial charge >= 0.3 is 23.9 Å². The quantitative estimate of drug-likeness (QED) is 0.528. The molecule has 0 saturated heterocycles. The topological polar surface area (TPSA) is 123 Å². The zero-order valence-corrected chi connectivity index (χ0v) is 16.5. The number of benzene rings is 1. The van der Waals surface area contributed by atoms with Crippen molar-refractivity contribution in [3.63, 3.8) is 0 Å². The molecule has 0 saturated carbocycles. The number of ether oxygens (including phenoxy) is 5. The summed E-state index contributed by atoms with van der Waals surface area (Å²) in [6.07, 6.45) is 0. The molecule has 0 aliphatic carbocycles. The number of methoxy groups -OCH3 is 3. The number of aryl methyl sites for hydroxylation is 1. The van der Waals surface area contributed by atoms with Crippen molar-refractivity contribution >= 4 is 23.7 Å². The van der Waals surface area contributed by atoms with Crippen molar-refractivity contribution in [2.45, 2.75) is 6.92 Å². The van der Waals surface area contributed by atoms with Crippen molar-refractivity contribution < 1.29 is 42.6 Å². The van der Waals surface area contributed by atoms with Crippen LogP contribution in [0.1, 0.15) is 11.3 Å². The van der Waals surface area contributed by atoms with Gasteiger partial charge in [-0.15, -0.1) is 0 Å². The zero-order valence-electron chi connectivity index (χ0n) is 16.5. The van der Waals surface area contributed by atoms with Crippen LogP contribution < -0.4 is 9.47 Å². The molecule has 0 N–H and O–H groups in total. The number of carbonyl (C=O) groups is 3. The van der Waals surface area contributed by atoms with Crippen LogP contribution in [0.15, 0.2) is 51.8 Å². The van der Waals surface area contributed by atoms with E-state index in [0.717, 1.165) is 21.3 Å². The molecule has 0 bridgehead atoms. The third kappa shape index (κ3) is 3.62. The van der Waals surface area contributed by atoms with Gasteiger partial charge < -0.3 is 28.2 Å². The summed E-state index contributed by atoms with van der Waals surface area (Å²) in [6.45, 7) is 1.57. The van der Waals surface area contributed by atoms with E-state index in [0.29, 0.717) is 5.75 Å². The molecule has 0 fully saturated rings. The number of fused-ring (bicyclic) bond motifs is 1. The zero-order chi connectivity index (χ0) is 21.8. The molecule has 1 aliphatic rings. The Morgan fingerprint density at radius 3 is 2.07 bits per heavy atom. The van der Waals surface area contributed by atoms with Crippen LogP contribution in [-0.4, -0.2) is 44.4 Å². The van der Waals surface area contributed by atoms with E-state index >= 15 is 0 Å². The first kappa shape index (κ1) is 20.6. The summed E-state index contributed by atoms with van der Waals surface area (Å²) in [5.41, 5.74) is -0.584. The summed E-state index contributed by atoms with van der Waals surface area (Å²) in [5, 5.41) is 3.80. The first-order valence-corrected chi connectivity index (χ1v) is 8.54. The second-order valence-electron chi connectivity index (χ2n) is 5.83. The van der Waals surface area contributed by atoms with Gasteiger partial charge in [0.1, 0.15) is 22.5 Å². The van der Waals surface area contributed by atoms with Crippen LogP contribution in [0, 0.1) is 6.92 Å². The van der Waals surface area contributed by atoms with Gasteiger partial charge in [0.25, 0.3) is 0 Å². The number of esters is 3. The molecule has 0 unspecified atom stereocenters. The molecule has 1 aliphatic heterocycles.